The summed E-state index contributed by atoms with van der Waals surface area (Å²) >= 11 is 5.63. The van der Waals surface area contributed by atoms with Gasteiger partial charge in [-0.1, -0.05) is 28.1 Å². The Morgan fingerprint density at radius 1 is 1.29 bits per heavy atom. The molecule has 0 atom stereocenters. The van der Waals surface area contributed by atoms with E-state index in [4.69, 9.17) is 5.73 Å². The Labute approximate surface area is 145 Å². The highest BCUT2D eigenvalue weighted by Gasteiger charge is 2.24. The van der Waals surface area contributed by atoms with Gasteiger partial charge in [-0.2, -0.15) is 0 Å². The molecule has 2 aromatic rings. The van der Waals surface area contributed by atoms with Gasteiger partial charge in [0.2, 0.25) is 0 Å². The molecule has 0 fully saturated rings. The number of fused-ring (bicyclic) bond motifs is 1. The van der Waals surface area contributed by atoms with Crippen LogP contribution in [0.3, 0.4) is 0 Å². The van der Waals surface area contributed by atoms with E-state index >= 15 is 0 Å². The molecular formula is C16H14BrIN2O. The van der Waals surface area contributed by atoms with Crippen molar-refractivity contribution in [2.75, 3.05) is 12.3 Å². The highest BCUT2D eigenvalue weighted by atomic mass is 127. The second kappa shape index (κ2) is 5.96. The van der Waals surface area contributed by atoms with Crippen molar-refractivity contribution in [2.24, 2.45) is 0 Å². The number of rotatable bonds is 1. The Hall–Kier alpha value is -1.08. The van der Waals surface area contributed by atoms with E-state index < -0.39 is 0 Å². The lowest BCUT2D eigenvalue weighted by atomic mass is 9.97. The number of hydrogen-bond donors (Lipinski definition) is 1. The van der Waals surface area contributed by atoms with E-state index in [0.29, 0.717) is 6.54 Å². The zero-order valence-corrected chi connectivity index (χ0v) is 15.0. The Bertz CT molecular complexity index is 717. The molecule has 2 aromatic carbocycles. The first-order valence-electron chi connectivity index (χ1n) is 6.67. The molecule has 0 unspecified atom stereocenters. The van der Waals surface area contributed by atoms with E-state index in [1.165, 1.54) is 5.56 Å². The van der Waals surface area contributed by atoms with E-state index in [2.05, 4.69) is 44.6 Å². The lowest BCUT2D eigenvalue weighted by Crippen LogP contribution is -2.36. The summed E-state index contributed by atoms with van der Waals surface area (Å²) in [6, 6.07) is 11.7. The number of hydrogen-bond acceptors (Lipinski definition) is 2. The normalized spacial score (nSPS) is 13.9. The molecule has 3 nitrogen and oxygen atoms in total. The van der Waals surface area contributed by atoms with Crippen molar-refractivity contribution in [2.45, 2.75) is 13.0 Å². The molecule has 0 saturated carbocycles. The Balaban J connectivity index is 1.91. The molecular weight excluding hydrogens is 443 g/mol. The minimum atomic E-state index is 0.0644. The number of carbonyl (C=O) groups excluding carboxylic acids is 1. The first kappa shape index (κ1) is 14.8. The summed E-state index contributed by atoms with van der Waals surface area (Å²) in [6.45, 7) is 1.32. The molecule has 1 heterocycles. The Kier molecular flexibility index (Phi) is 4.21. The van der Waals surface area contributed by atoms with E-state index in [1.807, 2.05) is 35.2 Å². The van der Waals surface area contributed by atoms with Crippen LogP contribution in [0.1, 0.15) is 21.5 Å². The zero-order valence-electron chi connectivity index (χ0n) is 11.3. The van der Waals surface area contributed by atoms with Gasteiger partial charge in [0.25, 0.3) is 5.91 Å². The number of carbonyl (C=O) groups is 1. The lowest BCUT2D eigenvalue weighted by Gasteiger charge is -2.30. The molecule has 0 bridgehead atoms. The molecule has 108 valence electrons. The summed E-state index contributed by atoms with van der Waals surface area (Å²) < 4.78 is 1.89. The second-order valence-corrected chi connectivity index (χ2v) is 7.16. The molecule has 1 aliphatic rings. The number of nitrogens with zero attached hydrogens (tertiary/aromatic N) is 1. The van der Waals surface area contributed by atoms with Gasteiger partial charge in [0, 0.05) is 26.8 Å². The van der Waals surface area contributed by atoms with E-state index in [0.717, 1.165) is 37.8 Å². The van der Waals surface area contributed by atoms with E-state index in [9.17, 15) is 4.79 Å². The smallest absolute Gasteiger partial charge is 0.255 e. The lowest BCUT2D eigenvalue weighted by molar-refractivity contribution is 0.0734. The predicted molar refractivity (Wildman–Crippen MR) is 96.2 cm³/mol. The second-order valence-electron chi connectivity index (χ2n) is 5.09. The third kappa shape index (κ3) is 2.94. The molecule has 1 amide bonds. The van der Waals surface area contributed by atoms with Crippen LogP contribution in [0.2, 0.25) is 0 Å². The van der Waals surface area contributed by atoms with Crippen LogP contribution in [0.4, 0.5) is 5.69 Å². The van der Waals surface area contributed by atoms with E-state index in [1.54, 1.807) is 0 Å². The molecule has 0 aromatic heterocycles. The molecule has 5 heteroatoms. The van der Waals surface area contributed by atoms with Crippen molar-refractivity contribution in [3.05, 3.63) is 61.1 Å². The number of benzene rings is 2. The summed E-state index contributed by atoms with van der Waals surface area (Å²) in [6.07, 6.45) is 0.858. The van der Waals surface area contributed by atoms with Crippen molar-refractivity contribution in [3.63, 3.8) is 0 Å². The maximum absolute atomic E-state index is 12.8. The molecule has 1 aliphatic heterocycles. The summed E-state index contributed by atoms with van der Waals surface area (Å²) in [4.78, 5) is 14.6. The molecule has 21 heavy (non-hydrogen) atoms. The van der Waals surface area contributed by atoms with E-state index in [-0.39, 0.29) is 5.91 Å². The molecule has 2 N–H and O–H groups in total. The summed E-state index contributed by atoms with van der Waals surface area (Å²) in [5.41, 5.74) is 9.90. The van der Waals surface area contributed by atoms with Gasteiger partial charge in [-0.3, -0.25) is 4.79 Å². The van der Waals surface area contributed by atoms with Gasteiger partial charge in [-0.25, -0.2) is 0 Å². The zero-order chi connectivity index (χ0) is 15.0. The quantitative estimate of drug-likeness (QED) is 0.523. The topological polar surface area (TPSA) is 46.3 Å². The van der Waals surface area contributed by atoms with Crippen molar-refractivity contribution in [3.8, 4) is 0 Å². The molecule has 0 saturated heterocycles. The van der Waals surface area contributed by atoms with Crippen molar-refractivity contribution in [1.29, 1.82) is 0 Å². The number of anilines is 1. The van der Waals surface area contributed by atoms with Crippen LogP contribution in [0.15, 0.2) is 40.9 Å². The van der Waals surface area contributed by atoms with Crippen LogP contribution in [-0.4, -0.2) is 17.4 Å². The Morgan fingerprint density at radius 3 is 2.90 bits per heavy atom. The van der Waals surface area contributed by atoms with Crippen LogP contribution in [0, 0.1) is 3.57 Å². The fraction of sp³-hybridized carbons (Fsp3) is 0.188. The predicted octanol–water partition coefficient (Wildman–Crippen LogP) is 3.83. The number of halogens is 2. The maximum Gasteiger partial charge on any atom is 0.255 e. The minimum Gasteiger partial charge on any atom is -0.398 e. The molecule has 3 rings (SSSR count). The van der Waals surface area contributed by atoms with Gasteiger partial charge < -0.3 is 10.6 Å². The fourth-order valence-corrected chi connectivity index (χ4v) is 3.54. The van der Waals surface area contributed by atoms with Crippen molar-refractivity contribution in [1.82, 2.24) is 4.90 Å². The SMILES string of the molecule is Nc1cccc2c1CN(C(=O)c1cc(Br)ccc1I)CC2. The van der Waals surface area contributed by atoms with Crippen LogP contribution in [-0.2, 0) is 13.0 Å². The van der Waals surface area contributed by atoms with Crippen LogP contribution in [0.25, 0.3) is 0 Å². The first-order chi connectivity index (χ1) is 10.1. The maximum atomic E-state index is 12.8. The molecule has 0 radical (unpaired) electrons. The number of amides is 1. The van der Waals surface area contributed by atoms with Crippen LogP contribution in [0.5, 0.6) is 0 Å². The Morgan fingerprint density at radius 2 is 2.10 bits per heavy atom. The minimum absolute atomic E-state index is 0.0644. The standard InChI is InChI=1S/C16H14BrIN2O/c17-11-4-5-14(18)12(8-11)16(21)20-7-6-10-2-1-3-15(19)13(10)9-20/h1-5,8H,6-7,9,19H2. The third-order valence-corrected chi connectivity index (χ3v) is 5.19. The first-order valence-corrected chi connectivity index (χ1v) is 8.54. The van der Waals surface area contributed by atoms with Crippen molar-refractivity contribution >= 4 is 50.1 Å². The fourth-order valence-electron chi connectivity index (χ4n) is 2.61. The largest absolute Gasteiger partial charge is 0.398 e. The summed E-state index contributed by atoms with van der Waals surface area (Å²) in [7, 11) is 0. The number of nitrogens with two attached hydrogens (primary N) is 1. The molecule has 0 aliphatic carbocycles. The van der Waals surface area contributed by atoms with Gasteiger partial charge >= 0.3 is 0 Å². The van der Waals surface area contributed by atoms with Gasteiger partial charge in [-0.05, 0) is 64.4 Å². The summed E-state index contributed by atoms with van der Waals surface area (Å²) in [5, 5.41) is 0. The van der Waals surface area contributed by atoms with Crippen molar-refractivity contribution < 1.29 is 4.79 Å². The summed E-state index contributed by atoms with van der Waals surface area (Å²) in [5.74, 6) is 0.0644. The van der Waals surface area contributed by atoms with Gasteiger partial charge in [0.05, 0.1) is 5.56 Å². The van der Waals surface area contributed by atoms with Gasteiger partial charge in [-0.15, -0.1) is 0 Å². The van der Waals surface area contributed by atoms with Crippen LogP contribution < -0.4 is 5.73 Å². The average Bonchev–Trinajstić information content (AvgIpc) is 2.49. The number of nitrogen functional groups attached to an aromatic ring is 1. The monoisotopic (exact) mass is 456 g/mol. The van der Waals surface area contributed by atoms with Gasteiger partial charge in [0.1, 0.15) is 0 Å². The average molecular weight is 457 g/mol. The molecule has 0 spiro atoms. The van der Waals surface area contributed by atoms with Gasteiger partial charge in [0.15, 0.2) is 0 Å². The van der Waals surface area contributed by atoms with Crippen LogP contribution >= 0.6 is 38.5 Å². The highest BCUT2D eigenvalue weighted by Crippen LogP contribution is 2.27. The third-order valence-electron chi connectivity index (χ3n) is 3.76. The highest BCUT2D eigenvalue weighted by molar-refractivity contribution is 14.1.